The molecule has 2 fully saturated rings. The van der Waals surface area contributed by atoms with Crippen LogP contribution in [0.4, 0.5) is 5.69 Å². The molecule has 0 radical (unpaired) electrons. The van der Waals surface area contributed by atoms with Crippen molar-refractivity contribution in [3.63, 3.8) is 0 Å². The maximum atomic E-state index is 13.1. The summed E-state index contributed by atoms with van der Waals surface area (Å²) in [5, 5.41) is 6.60. The lowest BCUT2D eigenvalue weighted by Crippen LogP contribution is -2.44. The minimum absolute atomic E-state index is 0.131. The van der Waals surface area contributed by atoms with Gasteiger partial charge in [0.2, 0.25) is 11.8 Å². The molecule has 7 rings (SSSR count). The molecule has 13 heteroatoms. The molecular formula is C35H34Cl2N6O5. The molecule has 1 spiro atoms. The van der Waals surface area contributed by atoms with Gasteiger partial charge >= 0.3 is 5.69 Å². The summed E-state index contributed by atoms with van der Waals surface area (Å²) in [7, 11) is 4.41. The summed E-state index contributed by atoms with van der Waals surface area (Å²) in [6, 6.07) is 13.0. The molecule has 2 unspecified atom stereocenters. The van der Waals surface area contributed by atoms with Crippen LogP contribution in [0, 0.1) is 0 Å². The highest BCUT2D eigenvalue weighted by atomic mass is 35.5. The van der Waals surface area contributed by atoms with Crippen molar-refractivity contribution in [3.05, 3.63) is 96.2 Å². The van der Waals surface area contributed by atoms with Crippen LogP contribution < -0.4 is 26.6 Å². The van der Waals surface area contributed by atoms with Crippen LogP contribution in [0.15, 0.2) is 58.3 Å². The van der Waals surface area contributed by atoms with Crippen molar-refractivity contribution in [2.75, 3.05) is 25.5 Å². The minimum Gasteiger partial charge on any atom is -0.481 e. The van der Waals surface area contributed by atoms with Crippen molar-refractivity contribution in [2.24, 2.45) is 14.1 Å². The van der Waals surface area contributed by atoms with E-state index in [2.05, 4.69) is 21.6 Å². The van der Waals surface area contributed by atoms with Gasteiger partial charge in [0.05, 0.1) is 34.1 Å². The Morgan fingerprint density at radius 1 is 1.02 bits per heavy atom. The number of ether oxygens (including phenoxy) is 1. The van der Waals surface area contributed by atoms with E-state index in [9.17, 15) is 19.2 Å². The van der Waals surface area contributed by atoms with Crippen molar-refractivity contribution in [1.82, 2.24) is 24.3 Å². The summed E-state index contributed by atoms with van der Waals surface area (Å²) in [5.74, 6) is 0.00271. The Hall–Kier alpha value is -4.45. The van der Waals surface area contributed by atoms with Crippen LogP contribution in [-0.4, -0.2) is 56.6 Å². The number of pyridine rings is 1. The van der Waals surface area contributed by atoms with Gasteiger partial charge in [-0.25, -0.2) is 9.78 Å². The van der Waals surface area contributed by atoms with Crippen LogP contribution in [0.1, 0.15) is 53.2 Å². The molecule has 1 aliphatic carbocycles. The lowest BCUT2D eigenvalue weighted by molar-refractivity contribution is -0.119. The largest absolute Gasteiger partial charge is 0.481 e. The van der Waals surface area contributed by atoms with Crippen LogP contribution >= 0.6 is 23.2 Å². The van der Waals surface area contributed by atoms with Gasteiger partial charge in [0, 0.05) is 68.1 Å². The van der Waals surface area contributed by atoms with E-state index in [1.165, 1.54) is 24.9 Å². The molecule has 0 saturated carbocycles. The standard InChI is InChI=1S/C35H34Cl2N6O5/c1-41-17-23(33(46)42(2)34(41)47)31(45)38-24-9-5-7-21(30(24)37)20-6-4-8-22(29(20)36)25-16-19-10-11-26(28(19)32(39-25)48-3)43-15-14-35(18-43)13-12-27(44)40-35/h4-9,16-17,26H,10-15,18H2,1-3H3,(H,38,45)(H,40,44). The third kappa shape index (κ3) is 5.39. The van der Waals surface area contributed by atoms with Gasteiger partial charge < -0.3 is 19.9 Å². The van der Waals surface area contributed by atoms with Gasteiger partial charge in [-0.2, -0.15) is 0 Å². The maximum absolute atomic E-state index is 13.1. The highest BCUT2D eigenvalue weighted by Crippen LogP contribution is 2.47. The summed E-state index contributed by atoms with van der Waals surface area (Å²) in [4.78, 5) is 57.3. The summed E-state index contributed by atoms with van der Waals surface area (Å²) in [6.45, 7) is 1.73. The molecule has 2 aromatic carbocycles. The number of methoxy groups -OCH3 is 1. The fourth-order valence-electron chi connectivity index (χ4n) is 7.42. The van der Waals surface area contributed by atoms with Crippen molar-refractivity contribution in [3.8, 4) is 28.3 Å². The number of halogens is 2. The number of carbonyl (C=O) groups is 2. The van der Waals surface area contributed by atoms with E-state index >= 15 is 0 Å². The second-order valence-electron chi connectivity index (χ2n) is 12.8. The highest BCUT2D eigenvalue weighted by molar-refractivity contribution is 6.39. The zero-order chi connectivity index (χ0) is 33.9. The lowest BCUT2D eigenvalue weighted by atomic mass is 9.97. The van der Waals surface area contributed by atoms with Gasteiger partial charge in [-0.3, -0.25) is 23.9 Å². The molecule has 3 aliphatic rings. The molecule has 2 amide bonds. The SMILES string of the molecule is COc1nc(-c2cccc(-c3cccc(NC(=O)c4cn(C)c(=O)n(C)c4=O)c3Cl)c2Cl)cc2c1C(N1CCC3(CCC(=O)N3)C1)CC2. The van der Waals surface area contributed by atoms with Crippen LogP contribution in [0.25, 0.3) is 22.4 Å². The normalized spacial score (nSPS) is 20.3. The number of fused-ring (bicyclic) bond motifs is 1. The van der Waals surface area contributed by atoms with Gasteiger partial charge in [0.1, 0.15) is 5.56 Å². The van der Waals surface area contributed by atoms with E-state index in [1.54, 1.807) is 25.3 Å². The first-order valence-corrected chi connectivity index (χ1v) is 16.5. The molecule has 48 heavy (non-hydrogen) atoms. The topological polar surface area (TPSA) is 128 Å². The second kappa shape index (κ2) is 12.2. The number of benzene rings is 2. The number of nitrogens with one attached hydrogen (secondary N) is 2. The Morgan fingerprint density at radius 3 is 2.48 bits per heavy atom. The fraction of sp³-hybridized carbons (Fsp3) is 0.343. The average Bonchev–Trinajstić information content (AvgIpc) is 3.80. The number of carbonyl (C=O) groups excluding carboxylic acids is 2. The molecule has 4 aromatic rings. The zero-order valence-electron chi connectivity index (χ0n) is 26.7. The summed E-state index contributed by atoms with van der Waals surface area (Å²) in [5.41, 5.74) is 3.52. The van der Waals surface area contributed by atoms with Gasteiger partial charge in [-0.15, -0.1) is 0 Å². The quantitative estimate of drug-likeness (QED) is 0.300. The maximum Gasteiger partial charge on any atom is 0.330 e. The Kier molecular flexibility index (Phi) is 8.17. The van der Waals surface area contributed by atoms with Gasteiger partial charge in [0.25, 0.3) is 11.5 Å². The van der Waals surface area contributed by atoms with E-state index in [0.29, 0.717) is 39.7 Å². The lowest BCUT2D eigenvalue weighted by Gasteiger charge is -2.28. The van der Waals surface area contributed by atoms with Crippen molar-refractivity contribution in [2.45, 2.75) is 43.7 Å². The smallest absolute Gasteiger partial charge is 0.330 e. The molecule has 2 atom stereocenters. The first-order valence-electron chi connectivity index (χ1n) is 15.8. The fourth-order valence-corrected chi connectivity index (χ4v) is 8.02. The molecule has 11 nitrogen and oxygen atoms in total. The molecule has 248 valence electrons. The Bertz CT molecular complexity index is 2130. The Labute approximate surface area is 286 Å². The van der Waals surface area contributed by atoms with Crippen LogP contribution in [0.3, 0.4) is 0 Å². The monoisotopic (exact) mass is 688 g/mol. The van der Waals surface area contributed by atoms with Gasteiger partial charge in [-0.1, -0.05) is 53.5 Å². The first-order chi connectivity index (χ1) is 23.0. The van der Waals surface area contributed by atoms with E-state index in [-0.39, 0.29) is 33.8 Å². The third-order valence-electron chi connectivity index (χ3n) is 9.89. The van der Waals surface area contributed by atoms with E-state index in [1.807, 2.05) is 18.2 Å². The molecular weight excluding hydrogens is 655 g/mol. The second-order valence-corrected chi connectivity index (χ2v) is 13.5. The number of rotatable bonds is 6. The van der Waals surface area contributed by atoms with Gasteiger partial charge in [-0.05, 0) is 43.4 Å². The number of aromatic nitrogens is 3. The molecule has 2 saturated heterocycles. The predicted molar refractivity (Wildman–Crippen MR) is 184 cm³/mol. The number of aryl methyl sites for hydroxylation is 2. The Balaban J connectivity index is 1.19. The molecule has 0 bridgehead atoms. The number of nitrogens with zero attached hydrogens (tertiary/aromatic N) is 4. The van der Waals surface area contributed by atoms with E-state index in [0.717, 1.165) is 54.5 Å². The molecule has 2 N–H and O–H groups in total. The molecule has 2 aliphatic heterocycles. The number of hydrogen-bond acceptors (Lipinski definition) is 7. The van der Waals surface area contributed by atoms with Crippen LogP contribution in [0.2, 0.25) is 10.0 Å². The Morgan fingerprint density at radius 2 is 1.75 bits per heavy atom. The van der Waals surface area contributed by atoms with E-state index < -0.39 is 17.2 Å². The number of hydrogen-bond donors (Lipinski definition) is 2. The predicted octanol–water partition coefficient (Wildman–Crippen LogP) is 4.72. The highest BCUT2D eigenvalue weighted by Gasteiger charge is 2.46. The summed E-state index contributed by atoms with van der Waals surface area (Å²) < 4.78 is 7.92. The van der Waals surface area contributed by atoms with E-state index in [4.69, 9.17) is 32.9 Å². The average molecular weight is 690 g/mol. The summed E-state index contributed by atoms with van der Waals surface area (Å²) in [6.07, 6.45) is 5.42. The van der Waals surface area contributed by atoms with Crippen molar-refractivity contribution >= 4 is 40.7 Å². The number of anilines is 1. The van der Waals surface area contributed by atoms with Crippen LogP contribution in [-0.2, 0) is 25.3 Å². The first kappa shape index (κ1) is 32.1. The van der Waals surface area contributed by atoms with Crippen LogP contribution in [0.5, 0.6) is 5.88 Å². The number of likely N-dealkylation sites (tertiary alicyclic amines) is 1. The van der Waals surface area contributed by atoms with Crippen molar-refractivity contribution in [1.29, 1.82) is 0 Å². The minimum atomic E-state index is -0.714. The molecule has 4 heterocycles. The molecule has 2 aromatic heterocycles. The third-order valence-corrected chi connectivity index (χ3v) is 10.7. The zero-order valence-corrected chi connectivity index (χ0v) is 28.2. The van der Waals surface area contributed by atoms with Gasteiger partial charge in [0.15, 0.2) is 0 Å². The van der Waals surface area contributed by atoms with Crippen molar-refractivity contribution < 1.29 is 14.3 Å². The summed E-state index contributed by atoms with van der Waals surface area (Å²) >= 11 is 13.9. The number of amides is 2.